The standard InChI is InChI=1S/2C4H7NO4.Co/c2*5-2(4(8)9)1-3(6)7;/h2*2H,1,5H2,(H,6,7)(H,8,9);/p-4/t2*2-;/m00./s1. The zero-order valence-electron chi connectivity index (χ0n) is 9.32. The smallest absolute Gasteiger partial charge is 0.0586 e. The van der Waals surface area contributed by atoms with E-state index < -0.39 is 48.8 Å². The quantitative estimate of drug-likeness (QED) is 0.471. The Balaban J connectivity index is -0.000000256. The van der Waals surface area contributed by atoms with Crippen LogP contribution in [0, 0.1) is 0 Å². The molecule has 0 fully saturated rings. The molecule has 19 heavy (non-hydrogen) atoms. The second kappa shape index (κ2) is 11.4. The van der Waals surface area contributed by atoms with Gasteiger partial charge in [0.15, 0.2) is 0 Å². The number of nitrogens with two attached hydrogens (primary N) is 2. The first-order chi connectivity index (χ1) is 8.07. The van der Waals surface area contributed by atoms with Crippen LogP contribution in [0.3, 0.4) is 0 Å². The van der Waals surface area contributed by atoms with Crippen LogP contribution in [0.5, 0.6) is 0 Å². The zero-order valence-corrected chi connectivity index (χ0v) is 10.4. The van der Waals surface area contributed by atoms with Crippen molar-refractivity contribution in [1.29, 1.82) is 0 Å². The minimum Gasteiger partial charge on any atom is -0.550 e. The average molecular weight is 321 g/mol. The summed E-state index contributed by atoms with van der Waals surface area (Å²) in [4.78, 5) is 38.7. The van der Waals surface area contributed by atoms with Crippen molar-refractivity contribution in [3.63, 3.8) is 0 Å². The molecule has 4 N–H and O–H groups in total. The molecule has 113 valence electrons. The fourth-order valence-corrected chi connectivity index (χ4v) is 0.526. The Bertz CT molecular complexity index is 303. The van der Waals surface area contributed by atoms with Gasteiger partial charge in [-0.2, -0.15) is 0 Å². The summed E-state index contributed by atoms with van der Waals surface area (Å²) in [6.07, 6.45) is -1.41. The maximum absolute atomic E-state index is 9.71. The average Bonchev–Trinajstić information content (AvgIpc) is 2.16. The molecule has 0 saturated heterocycles. The molecule has 0 aliphatic carbocycles. The molecule has 0 aliphatic rings. The van der Waals surface area contributed by atoms with Crippen LogP contribution in [0.2, 0.25) is 0 Å². The molecule has 11 heteroatoms. The van der Waals surface area contributed by atoms with E-state index in [0.29, 0.717) is 0 Å². The van der Waals surface area contributed by atoms with Crippen LogP contribution in [-0.4, -0.2) is 36.0 Å². The number of aliphatic carboxylic acids is 4. The first-order valence-electron chi connectivity index (χ1n) is 4.40. The molecule has 0 amide bonds. The zero-order chi connectivity index (χ0) is 14.9. The number of carboxylic acids is 4. The Morgan fingerprint density at radius 2 is 0.947 bits per heavy atom. The van der Waals surface area contributed by atoms with Gasteiger partial charge in [-0.15, -0.1) is 0 Å². The van der Waals surface area contributed by atoms with Crippen LogP contribution < -0.4 is 31.9 Å². The van der Waals surface area contributed by atoms with E-state index in [0.717, 1.165) is 0 Å². The maximum atomic E-state index is 9.71. The van der Waals surface area contributed by atoms with Gasteiger partial charge in [-0.3, -0.25) is 0 Å². The molecule has 1 radical (unpaired) electrons. The largest absolute Gasteiger partial charge is 0.550 e. The molecule has 0 spiro atoms. The molecule has 0 heterocycles. The topological polar surface area (TPSA) is 213 Å². The number of carbonyl (C=O) groups excluding carboxylic acids is 4. The van der Waals surface area contributed by atoms with Crippen molar-refractivity contribution in [3.8, 4) is 0 Å². The van der Waals surface area contributed by atoms with E-state index in [9.17, 15) is 39.6 Å². The summed E-state index contributed by atoms with van der Waals surface area (Å²) < 4.78 is 0. The molecule has 0 aromatic heterocycles. The van der Waals surface area contributed by atoms with E-state index >= 15 is 0 Å². The molecular weight excluding hydrogens is 311 g/mol. The Morgan fingerprint density at radius 3 is 1.00 bits per heavy atom. The van der Waals surface area contributed by atoms with Crippen molar-refractivity contribution in [2.24, 2.45) is 11.5 Å². The fraction of sp³-hybridized carbons (Fsp3) is 0.500. The van der Waals surface area contributed by atoms with Crippen molar-refractivity contribution in [2.75, 3.05) is 0 Å². The van der Waals surface area contributed by atoms with E-state index in [-0.39, 0.29) is 16.8 Å². The fourth-order valence-electron chi connectivity index (χ4n) is 0.526. The minimum atomic E-state index is -1.58. The Labute approximate surface area is 117 Å². The van der Waals surface area contributed by atoms with E-state index in [1.807, 2.05) is 0 Å². The van der Waals surface area contributed by atoms with Gasteiger partial charge in [0.1, 0.15) is 0 Å². The van der Waals surface area contributed by atoms with Gasteiger partial charge in [-0.1, -0.05) is 0 Å². The third kappa shape index (κ3) is 16.3. The van der Waals surface area contributed by atoms with Crippen molar-refractivity contribution in [3.05, 3.63) is 0 Å². The summed E-state index contributed by atoms with van der Waals surface area (Å²) in [6, 6.07) is -2.93. The van der Waals surface area contributed by atoms with Gasteiger partial charge in [-0.05, 0) is 0 Å². The van der Waals surface area contributed by atoms with Crippen molar-refractivity contribution >= 4 is 23.9 Å². The van der Waals surface area contributed by atoms with Gasteiger partial charge >= 0.3 is 0 Å². The summed E-state index contributed by atoms with van der Waals surface area (Å²) in [5.74, 6) is -6.16. The molecule has 2 atom stereocenters. The third-order valence-electron chi connectivity index (χ3n) is 1.38. The van der Waals surface area contributed by atoms with Crippen LogP contribution in [0.25, 0.3) is 0 Å². The van der Waals surface area contributed by atoms with Crippen LogP contribution in [0.15, 0.2) is 0 Å². The van der Waals surface area contributed by atoms with Crippen LogP contribution in [-0.2, 0) is 36.0 Å². The van der Waals surface area contributed by atoms with Gasteiger partial charge < -0.3 is 51.1 Å². The van der Waals surface area contributed by atoms with Gasteiger partial charge in [0.2, 0.25) is 0 Å². The normalized spacial score (nSPS) is 11.9. The second-order valence-electron chi connectivity index (χ2n) is 3.00. The van der Waals surface area contributed by atoms with E-state index in [1.54, 1.807) is 0 Å². The third-order valence-corrected chi connectivity index (χ3v) is 1.38. The number of hydrogen-bond acceptors (Lipinski definition) is 10. The molecule has 0 aromatic carbocycles. The molecule has 0 aromatic rings. The van der Waals surface area contributed by atoms with Crippen LogP contribution >= 0.6 is 0 Å². The van der Waals surface area contributed by atoms with Crippen molar-refractivity contribution in [2.45, 2.75) is 24.9 Å². The molecule has 0 bridgehead atoms. The monoisotopic (exact) mass is 321 g/mol. The van der Waals surface area contributed by atoms with Gasteiger partial charge in [0.25, 0.3) is 0 Å². The number of carboxylic acid groups (broad SMARTS) is 4. The van der Waals surface area contributed by atoms with E-state index in [1.165, 1.54) is 0 Å². The Kier molecular flexibility index (Phi) is 13.5. The summed E-state index contributed by atoms with van der Waals surface area (Å²) in [7, 11) is 0. The Hall–Kier alpha value is -1.69. The summed E-state index contributed by atoms with van der Waals surface area (Å²) >= 11 is 0. The van der Waals surface area contributed by atoms with Crippen LogP contribution in [0.1, 0.15) is 12.8 Å². The summed E-state index contributed by atoms with van der Waals surface area (Å²) in [6.45, 7) is 0. The number of rotatable bonds is 6. The van der Waals surface area contributed by atoms with Crippen molar-refractivity contribution in [1.82, 2.24) is 0 Å². The number of hydrogen-bond donors (Lipinski definition) is 2. The first kappa shape index (κ1) is 22.5. The van der Waals surface area contributed by atoms with Gasteiger partial charge in [0, 0.05) is 53.6 Å². The molecule has 10 nitrogen and oxygen atoms in total. The van der Waals surface area contributed by atoms with Gasteiger partial charge in [-0.25, -0.2) is 0 Å². The summed E-state index contributed by atoms with van der Waals surface area (Å²) in [5, 5.41) is 38.7. The molecule has 0 rings (SSSR count). The van der Waals surface area contributed by atoms with E-state index in [4.69, 9.17) is 11.5 Å². The van der Waals surface area contributed by atoms with E-state index in [2.05, 4.69) is 0 Å². The minimum absolute atomic E-state index is 0. The second-order valence-corrected chi connectivity index (χ2v) is 3.00. The number of carbonyl (C=O) groups is 4. The Morgan fingerprint density at radius 1 is 0.737 bits per heavy atom. The van der Waals surface area contributed by atoms with Crippen LogP contribution in [0.4, 0.5) is 0 Å². The molecular formula is C8H10CoN2O8-4. The summed E-state index contributed by atoms with van der Waals surface area (Å²) in [5.41, 5.74) is 9.47. The predicted octanol–water partition coefficient (Wildman–Crippen LogP) is -7.60. The SMILES string of the molecule is N[C@@H](CC(=O)[O-])C(=O)[O-].N[C@@H](CC(=O)[O-])C(=O)[O-].[Co]. The molecule has 0 unspecified atom stereocenters. The maximum Gasteiger partial charge on any atom is 0.0586 e. The predicted molar refractivity (Wildman–Crippen MR) is 45.2 cm³/mol. The van der Waals surface area contributed by atoms with Crippen molar-refractivity contribution < 1.29 is 56.4 Å². The van der Waals surface area contributed by atoms with Gasteiger partial charge in [0.05, 0.1) is 11.9 Å². The molecule has 0 saturated carbocycles. The molecule has 0 aliphatic heterocycles. The first-order valence-corrected chi connectivity index (χ1v) is 4.40.